The molecule has 0 radical (unpaired) electrons. The zero-order valence-corrected chi connectivity index (χ0v) is 16.4. The summed E-state index contributed by atoms with van der Waals surface area (Å²) in [5.74, 6) is 0.932. The van der Waals surface area contributed by atoms with Crippen molar-refractivity contribution in [1.82, 2.24) is 21.3 Å². The summed E-state index contributed by atoms with van der Waals surface area (Å²) in [6.07, 6.45) is 1.40. The van der Waals surface area contributed by atoms with Crippen molar-refractivity contribution in [2.45, 2.75) is 58.2 Å². The highest BCUT2D eigenvalue weighted by atomic mass is 16.1. The highest BCUT2D eigenvalue weighted by Crippen LogP contribution is 2.16. The van der Waals surface area contributed by atoms with E-state index in [1.54, 1.807) is 0 Å². The van der Waals surface area contributed by atoms with E-state index in [0.29, 0.717) is 19.5 Å². The summed E-state index contributed by atoms with van der Waals surface area (Å²) in [5.41, 5.74) is 1.13. The molecule has 2 unspecified atom stereocenters. The van der Waals surface area contributed by atoms with Gasteiger partial charge in [0.05, 0.1) is 6.54 Å². The molecule has 0 aliphatic carbocycles. The second-order valence-corrected chi connectivity index (χ2v) is 7.54. The predicted molar refractivity (Wildman–Crippen MR) is 107 cm³/mol. The van der Waals surface area contributed by atoms with E-state index in [9.17, 15) is 4.79 Å². The SMILES string of the molecule is CCNC(=NCC(C)(C)NC(C)c1ccccc1)NC1CCC(=O)NC1. The number of benzene rings is 1. The van der Waals surface area contributed by atoms with Crippen LogP contribution in [-0.2, 0) is 4.79 Å². The molecule has 6 heteroatoms. The van der Waals surface area contributed by atoms with E-state index in [0.717, 1.165) is 18.9 Å². The Balaban J connectivity index is 1.92. The molecule has 1 aromatic rings. The smallest absolute Gasteiger partial charge is 0.220 e. The van der Waals surface area contributed by atoms with Gasteiger partial charge in [0.2, 0.25) is 5.91 Å². The first-order valence-corrected chi connectivity index (χ1v) is 9.54. The maximum atomic E-state index is 11.3. The molecule has 6 nitrogen and oxygen atoms in total. The molecule has 1 aliphatic heterocycles. The summed E-state index contributed by atoms with van der Waals surface area (Å²) in [4.78, 5) is 16.1. The third-order valence-corrected chi connectivity index (χ3v) is 4.49. The first kappa shape index (κ1) is 20.2. The van der Waals surface area contributed by atoms with Gasteiger partial charge in [0.25, 0.3) is 0 Å². The lowest BCUT2D eigenvalue weighted by atomic mass is 10.0. The van der Waals surface area contributed by atoms with Crippen molar-refractivity contribution >= 4 is 11.9 Å². The Hall–Kier alpha value is -2.08. The van der Waals surface area contributed by atoms with E-state index < -0.39 is 0 Å². The molecule has 2 atom stereocenters. The first-order chi connectivity index (χ1) is 12.4. The van der Waals surface area contributed by atoms with Crippen LogP contribution in [0.15, 0.2) is 35.3 Å². The largest absolute Gasteiger partial charge is 0.357 e. The fourth-order valence-corrected chi connectivity index (χ4v) is 3.10. The lowest BCUT2D eigenvalue weighted by Crippen LogP contribution is -2.52. The molecule has 1 fully saturated rings. The summed E-state index contributed by atoms with van der Waals surface area (Å²) in [7, 11) is 0. The minimum absolute atomic E-state index is 0.130. The van der Waals surface area contributed by atoms with Crippen LogP contribution in [0.5, 0.6) is 0 Å². The van der Waals surface area contributed by atoms with Gasteiger partial charge in [-0.25, -0.2) is 0 Å². The number of amides is 1. The van der Waals surface area contributed by atoms with Crippen LogP contribution < -0.4 is 21.3 Å². The Labute approximate surface area is 157 Å². The molecule has 4 N–H and O–H groups in total. The number of carbonyl (C=O) groups is 1. The molecular formula is C20H33N5O. The van der Waals surface area contributed by atoms with E-state index in [4.69, 9.17) is 4.99 Å². The highest BCUT2D eigenvalue weighted by Gasteiger charge is 2.22. The molecule has 1 aliphatic rings. The number of nitrogens with one attached hydrogen (secondary N) is 4. The van der Waals surface area contributed by atoms with E-state index in [1.807, 2.05) is 6.07 Å². The van der Waals surface area contributed by atoms with Crippen molar-refractivity contribution in [3.05, 3.63) is 35.9 Å². The third-order valence-electron chi connectivity index (χ3n) is 4.49. The third kappa shape index (κ3) is 6.67. The fraction of sp³-hybridized carbons (Fsp3) is 0.600. The normalized spacial score (nSPS) is 19.6. The number of aliphatic imine (C=N–C) groups is 1. The van der Waals surface area contributed by atoms with Crippen LogP contribution in [0.2, 0.25) is 0 Å². The van der Waals surface area contributed by atoms with Crippen molar-refractivity contribution in [3.63, 3.8) is 0 Å². The standard InChI is InChI=1S/C20H33N5O/c1-5-21-19(24-17-11-12-18(26)22-13-17)23-14-20(3,4)25-15(2)16-9-7-6-8-10-16/h6-10,15,17,25H,5,11-14H2,1-4H3,(H,22,26)(H2,21,23,24). The average Bonchev–Trinajstić information content (AvgIpc) is 2.62. The van der Waals surface area contributed by atoms with Gasteiger partial charge in [0.1, 0.15) is 0 Å². The maximum absolute atomic E-state index is 11.3. The van der Waals surface area contributed by atoms with Gasteiger partial charge in [-0.3, -0.25) is 9.79 Å². The van der Waals surface area contributed by atoms with Crippen LogP contribution in [0.1, 0.15) is 52.1 Å². The van der Waals surface area contributed by atoms with Gasteiger partial charge >= 0.3 is 0 Å². The monoisotopic (exact) mass is 359 g/mol. The van der Waals surface area contributed by atoms with Gasteiger partial charge in [0.15, 0.2) is 5.96 Å². The van der Waals surface area contributed by atoms with Crippen LogP contribution in [0, 0.1) is 0 Å². The minimum atomic E-state index is -0.140. The summed E-state index contributed by atoms with van der Waals surface area (Å²) in [6.45, 7) is 10.7. The summed E-state index contributed by atoms with van der Waals surface area (Å²) in [5, 5.41) is 13.3. The van der Waals surface area contributed by atoms with Crippen LogP contribution in [0.25, 0.3) is 0 Å². The van der Waals surface area contributed by atoms with Gasteiger partial charge in [-0.05, 0) is 39.7 Å². The molecule has 0 bridgehead atoms. The summed E-state index contributed by atoms with van der Waals surface area (Å²) in [6, 6.07) is 10.9. The molecule has 1 amide bonds. The van der Waals surface area contributed by atoms with Crippen LogP contribution in [0.3, 0.4) is 0 Å². The maximum Gasteiger partial charge on any atom is 0.220 e. The Morgan fingerprint density at radius 1 is 1.35 bits per heavy atom. The minimum Gasteiger partial charge on any atom is -0.357 e. The van der Waals surface area contributed by atoms with Crippen molar-refractivity contribution in [2.24, 2.45) is 4.99 Å². The van der Waals surface area contributed by atoms with Crippen molar-refractivity contribution in [1.29, 1.82) is 0 Å². The summed E-state index contributed by atoms with van der Waals surface area (Å²) < 4.78 is 0. The molecule has 0 spiro atoms. The molecular weight excluding hydrogens is 326 g/mol. The number of hydrogen-bond donors (Lipinski definition) is 4. The van der Waals surface area contributed by atoms with Crippen molar-refractivity contribution in [2.75, 3.05) is 19.6 Å². The highest BCUT2D eigenvalue weighted by molar-refractivity contribution is 5.81. The lowest BCUT2D eigenvalue weighted by Gasteiger charge is -2.30. The van der Waals surface area contributed by atoms with Crippen LogP contribution in [-0.4, -0.2) is 43.1 Å². The number of nitrogens with zero attached hydrogens (tertiary/aromatic N) is 1. The van der Waals surface area contributed by atoms with Crippen LogP contribution in [0.4, 0.5) is 0 Å². The van der Waals surface area contributed by atoms with Gasteiger partial charge in [-0.15, -0.1) is 0 Å². The molecule has 2 rings (SSSR count). The van der Waals surface area contributed by atoms with Crippen molar-refractivity contribution < 1.29 is 4.79 Å². The molecule has 144 valence electrons. The number of guanidine groups is 1. The Bertz CT molecular complexity index is 589. The van der Waals surface area contributed by atoms with E-state index in [-0.39, 0.29) is 23.5 Å². The lowest BCUT2D eigenvalue weighted by molar-refractivity contribution is -0.122. The van der Waals surface area contributed by atoms with Gasteiger partial charge < -0.3 is 21.3 Å². The van der Waals surface area contributed by atoms with Crippen molar-refractivity contribution in [3.8, 4) is 0 Å². The number of carbonyl (C=O) groups excluding carboxylic acids is 1. The Kier molecular flexibility index (Phi) is 7.45. The van der Waals surface area contributed by atoms with Gasteiger partial charge in [0, 0.05) is 37.1 Å². The Morgan fingerprint density at radius 2 is 2.08 bits per heavy atom. The summed E-state index contributed by atoms with van der Waals surface area (Å²) >= 11 is 0. The first-order valence-electron chi connectivity index (χ1n) is 9.54. The molecule has 0 aromatic heterocycles. The zero-order valence-electron chi connectivity index (χ0n) is 16.4. The number of piperidine rings is 1. The molecule has 26 heavy (non-hydrogen) atoms. The second kappa shape index (κ2) is 9.57. The number of rotatable bonds is 7. The Morgan fingerprint density at radius 3 is 2.69 bits per heavy atom. The van der Waals surface area contributed by atoms with E-state index in [1.165, 1.54) is 5.56 Å². The molecule has 1 heterocycles. The van der Waals surface area contributed by atoms with Crippen LogP contribution >= 0.6 is 0 Å². The fourth-order valence-electron chi connectivity index (χ4n) is 3.10. The number of hydrogen-bond acceptors (Lipinski definition) is 3. The van der Waals surface area contributed by atoms with Gasteiger partial charge in [-0.1, -0.05) is 30.3 Å². The topological polar surface area (TPSA) is 77.6 Å². The second-order valence-electron chi connectivity index (χ2n) is 7.54. The molecule has 0 saturated carbocycles. The molecule has 1 saturated heterocycles. The predicted octanol–water partition coefficient (Wildman–Crippen LogP) is 1.95. The molecule has 1 aromatic carbocycles. The average molecular weight is 360 g/mol. The van der Waals surface area contributed by atoms with E-state index >= 15 is 0 Å². The quantitative estimate of drug-likeness (QED) is 0.443. The zero-order chi connectivity index (χ0) is 19.0. The van der Waals surface area contributed by atoms with E-state index in [2.05, 4.69) is 73.2 Å². The van der Waals surface area contributed by atoms with Gasteiger partial charge in [-0.2, -0.15) is 0 Å².